The van der Waals surface area contributed by atoms with Crippen LogP contribution >= 0.6 is 0 Å². The highest BCUT2D eigenvalue weighted by Crippen LogP contribution is 2.29. The maximum Gasteiger partial charge on any atom is 0.255 e. The van der Waals surface area contributed by atoms with E-state index in [9.17, 15) is 10.0 Å². The minimum atomic E-state index is -0.514. The van der Waals surface area contributed by atoms with Crippen molar-refractivity contribution >= 4 is 11.6 Å². The normalized spacial score (nSPS) is 19.5. The Morgan fingerprint density at radius 2 is 1.50 bits per heavy atom. The summed E-state index contributed by atoms with van der Waals surface area (Å²) in [5, 5.41) is 9.19. The monoisotopic (exact) mass is 379 g/mol. The van der Waals surface area contributed by atoms with Crippen LogP contribution in [0.3, 0.4) is 0 Å². The number of carbonyl (C=O) groups excluding carboxylic acids is 1. The molecule has 0 aromatic heterocycles. The van der Waals surface area contributed by atoms with Gasteiger partial charge in [0.25, 0.3) is 5.91 Å². The average molecular weight is 380 g/mol. The first-order chi connectivity index (χ1) is 13.8. The van der Waals surface area contributed by atoms with Gasteiger partial charge in [-0.05, 0) is 36.1 Å². The molecule has 1 amide bonds. The molecular weight excluding hydrogens is 350 g/mol. The van der Waals surface area contributed by atoms with Crippen LogP contribution in [-0.2, 0) is 4.79 Å². The molecule has 28 heavy (non-hydrogen) atoms. The molecule has 1 saturated heterocycles. The minimum Gasteiger partial charge on any atom is -0.369 e. The lowest BCUT2D eigenvalue weighted by atomic mass is 9.90. The summed E-state index contributed by atoms with van der Waals surface area (Å²) in [5.74, 6) is -0.927. The van der Waals surface area contributed by atoms with Crippen LogP contribution in [-0.4, -0.2) is 48.2 Å². The molecular formula is C23H29N3O2. The molecule has 2 aliphatic rings. The number of amides is 1. The van der Waals surface area contributed by atoms with Crippen molar-refractivity contribution in [3.8, 4) is 0 Å². The van der Waals surface area contributed by atoms with Gasteiger partial charge in [-0.2, -0.15) is 0 Å². The van der Waals surface area contributed by atoms with Crippen molar-refractivity contribution in [2.75, 3.05) is 31.1 Å². The van der Waals surface area contributed by atoms with Crippen LogP contribution in [0, 0.1) is 0 Å². The summed E-state index contributed by atoms with van der Waals surface area (Å²) in [7, 11) is 0. The smallest absolute Gasteiger partial charge is 0.255 e. The van der Waals surface area contributed by atoms with E-state index in [-0.39, 0.29) is 0 Å². The van der Waals surface area contributed by atoms with Crippen molar-refractivity contribution in [2.24, 2.45) is 0 Å². The number of nitrogens with one attached hydrogen (secondary N) is 1. The van der Waals surface area contributed by atoms with E-state index in [1.54, 1.807) is 0 Å². The van der Waals surface area contributed by atoms with Crippen molar-refractivity contribution in [2.45, 2.75) is 37.6 Å². The van der Waals surface area contributed by atoms with Crippen molar-refractivity contribution in [3.05, 3.63) is 65.7 Å². The molecule has 4 rings (SSSR count). The van der Waals surface area contributed by atoms with E-state index >= 15 is 0 Å². The van der Waals surface area contributed by atoms with Crippen LogP contribution in [0.4, 0.5) is 5.69 Å². The largest absolute Gasteiger partial charge is 0.369 e. The molecule has 1 unspecified atom stereocenters. The highest BCUT2D eigenvalue weighted by Gasteiger charge is 2.27. The third-order valence-corrected chi connectivity index (χ3v) is 6.25. The van der Waals surface area contributed by atoms with Gasteiger partial charge in [0.1, 0.15) is 0 Å². The van der Waals surface area contributed by atoms with Crippen LogP contribution in [0.5, 0.6) is 0 Å². The number of rotatable bonds is 5. The molecule has 2 aromatic rings. The Labute approximate surface area is 166 Å². The first kappa shape index (κ1) is 19.0. The van der Waals surface area contributed by atoms with Gasteiger partial charge in [0.05, 0.1) is 5.92 Å². The van der Waals surface area contributed by atoms with Crippen LogP contribution in [0.15, 0.2) is 54.6 Å². The lowest BCUT2D eigenvalue weighted by Gasteiger charge is -2.39. The number of hydrogen-bond donors (Lipinski definition) is 2. The standard InChI is InChI=1S/C23H29N3O2/c27-23(24-28)22(18-6-2-1-3-7-18)19-10-12-21(13-11-19)26-16-14-25(15-17-26)20-8-4-5-9-20/h1-3,6-7,10-13,20,22,28H,4-5,8-9,14-17H2,(H,24,27). The van der Waals surface area contributed by atoms with Gasteiger partial charge in [-0.3, -0.25) is 14.9 Å². The fraction of sp³-hybridized carbons (Fsp3) is 0.435. The summed E-state index contributed by atoms with van der Waals surface area (Å²) < 4.78 is 0. The fourth-order valence-electron chi connectivity index (χ4n) is 4.70. The second-order valence-electron chi connectivity index (χ2n) is 7.87. The van der Waals surface area contributed by atoms with E-state index in [4.69, 9.17) is 0 Å². The first-order valence-electron chi connectivity index (χ1n) is 10.3. The average Bonchev–Trinajstić information content (AvgIpc) is 3.30. The molecule has 1 saturated carbocycles. The number of anilines is 1. The summed E-state index contributed by atoms with van der Waals surface area (Å²) >= 11 is 0. The summed E-state index contributed by atoms with van der Waals surface area (Å²) in [6.07, 6.45) is 5.50. The summed E-state index contributed by atoms with van der Waals surface area (Å²) in [6, 6.07) is 18.6. The number of nitrogens with zero attached hydrogens (tertiary/aromatic N) is 2. The second kappa shape index (κ2) is 8.76. The van der Waals surface area contributed by atoms with E-state index in [1.807, 2.05) is 47.9 Å². The molecule has 1 atom stereocenters. The first-order valence-corrected chi connectivity index (χ1v) is 10.3. The third kappa shape index (κ3) is 4.05. The molecule has 2 fully saturated rings. The fourth-order valence-corrected chi connectivity index (χ4v) is 4.70. The molecule has 2 N–H and O–H groups in total. The molecule has 148 valence electrons. The Kier molecular flexibility index (Phi) is 5.93. The highest BCUT2D eigenvalue weighted by atomic mass is 16.5. The third-order valence-electron chi connectivity index (χ3n) is 6.25. The zero-order valence-corrected chi connectivity index (χ0v) is 16.3. The SMILES string of the molecule is O=C(NO)C(c1ccccc1)c1ccc(N2CCN(C3CCCC3)CC2)cc1. The minimum absolute atomic E-state index is 0.413. The van der Waals surface area contributed by atoms with Crippen LogP contribution in [0.1, 0.15) is 42.7 Å². The number of hydrogen-bond acceptors (Lipinski definition) is 4. The quantitative estimate of drug-likeness (QED) is 0.618. The molecule has 2 aromatic carbocycles. The lowest BCUT2D eigenvalue weighted by molar-refractivity contribution is -0.129. The van der Waals surface area contributed by atoms with E-state index in [0.717, 1.165) is 43.3 Å². The number of piperazine rings is 1. The van der Waals surface area contributed by atoms with Crippen molar-refractivity contribution in [1.29, 1.82) is 0 Å². The zero-order valence-electron chi connectivity index (χ0n) is 16.3. The van der Waals surface area contributed by atoms with Crippen molar-refractivity contribution in [3.63, 3.8) is 0 Å². The molecule has 1 heterocycles. The van der Waals surface area contributed by atoms with Gasteiger partial charge in [-0.25, -0.2) is 5.48 Å². The Morgan fingerprint density at radius 1 is 0.893 bits per heavy atom. The van der Waals surface area contributed by atoms with Gasteiger partial charge in [0, 0.05) is 37.9 Å². The molecule has 0 radical (unpaired) electrons. The maximum atomic E-state index is 12.3. The Balaban J connectivity index is 1.45. The van der Waals surface area contributed by atoms with E-state index in [2.05, 4.69) is 21.9 Å². The molecule has 1 aliphatic heterocycles. The Hall–Kier alpha value is -2.37. The topological polar surface area (TPSA) is 55.8 Å². The predicted molar refractivity (Wildman–Crippen MR) is 111 cm³/mol. The van der Waals surface area contributed by atoms with E-state index < -0.39 is 11.8 Å². The molecule has 0 spiro atoms. The van der Waals surface area contributed by atoms with Crippen LogP contribution < -0.4 is 10.4 Å². The Bertz CT molecular complexity index is 764. The summed E-state index contributed by atoms with van der Waals surface area (Å²) in [4.78, 5) is 17.4. The van der Waals surface area contributed by atoms with Gasteiger partial charge in [-0.1, -0.05) is 55.3 Å². The van der Waals surface area contributed by atoms with E-state index in [1.165, 1.54) is 31.4 Å². The lowest BCUT2D eigenvalue weighted by Crippen LogP contribution is -2.49. The number of benzene rings is 2. The molecule has 5 heteroatoms. The molecule has 0 bridgehead atoms. The number of hydroxylamine groups is 1. The molecule has 5 nitrogen and oxygen atoms in total. The number of carbonyl (C=O) groups is 1. The van der Waals surface area contributed by atoms with Crippen LogP contribution in [0.25, 0.3) is 0 Å². The molecule has 1 aliphatic carbocycles. The highest BCUT2D eigenvalue weighted by molar-refractivity contribution is 5.86. The zero-order chi connectivity index (χ0) is 19.3. The van der Waals surface area contributed by atoms with Gasteiger partial charge >= 0.3 is 0 Å². The maximum absolute atomic E-state index is 12.3. The van der Waals surface area contributed by atoms with Crippen LogP contribution in [0.2, 0.25) is 0 Å². The van der Waals surface area contributed by atoms with Gasteiger partial charge in [0.15, 0.2) is 0 Å². The van der Waals surface area contributed by atoms with E-state index in [0.29, 0.717) is 0 Å². The van der Waals surface area contributed by atoms with Gasteiger partial charge in [-0.15, -0.1) is 0 Å². The van der Waals surface area contributed by atoms with Gasteiger partial charge < -0.3 is 4.90 Å². The Morgan fingerprint density at radius 3 is 2.11 bits per heavy atom. The summed E-state index contributed by atoms with van der Waals surface area (Å²) in [5.41, 5.74) is 4.76. The second-order valence-corrected chi connectivity index (χ2v) is 7.87. The van der Waals surface area contributed by atoms with Crippen molar-refractivity contribution < 1.29 is 10.0 Å². The van der Waals surface area contributed by atoms with Crippen molar-refractivity contribution in [1.82, 2.24) is 10.4 Å². The summed E-state index contributed by atoms with van der Waals surface area (Å²) in [6.45, 7) is 4.36. The predicted octanol–water partition coefficient (Wildman–Crippen LogP) is 3.39. The van der Waals surface area contributed by atoms with Gasteiger partial charge in [0.2, 0.25) is 0 Å².